The molecule has 1 fully saturated rings. The molecule has 19 heavy (non-hydrogen) atoms. The fourth-order valence-corrected chi connectivity index (χ4v) is 6.11. The maximum atomic E-state index is 11.0. The van der Waals surface area contributed by atoms with Gasteiger partial charge < -0.3 is 4.74 Å². The van der Waals surface area contributed by atoms with Crippen LogP contribution in [0.15, 0.2) is 30.3 Å². The number of rotatable bonds is 4. The van der Waals surface area contributed by atoms with E-state index in [1.54, 1.807) is 0 Å². The molecule has 1 aliphatic carbocycles. The van der Waals surface area contributed by atoms with Gasteiger partial charge in [0.15, 0.2) is 6.66 Å². The molecule has 0 spiro atoms. The molecule has 0 N–H and O–H groups in total. The van der Waals surface area contributed by atoms with Crippen molar-refractivity contribution < 1.29 is 9.53 Å². The zero-order valence-electron chi connectivity index (χ0n) is 11.7. The van der Waals surface area contributed by atoms with Crippen molar-refractivity contribution in [3.63, 3.8) is 0 Å². The van der Waals surface area contributed by atoms with Crippen LogP contribution in [0.5, 0.6) is 0 Å². The number of carbonyl (C=O) groups excluding carboxylic acids is 1. The van der Waals surface area contributed by atoms with Crippen molar-refractivity contribution in [1.82, 2.24) is 0 Å². The number of carbonyl (C=O) groups is 1. The zero-order chi connectivity index (χ0) is 13.9. The summed E-state index contributed by atoms with van der Waals surface area (Å²) in [6.07, 6.45) is 3.47. The predicted octanol–water partition coefficient (Wildman–Crippen LogP) is 3.36. The molecule has 1 aliphatic rings. The first-order valence-corrected chi connectivity index (χ1v) is 9.23. The summed E-state index contributed by atoms with van der Waals surface area (Å²) in [5.74, 6) is 0.231. The van der Waals surface area contributed by atoms with Crippen molar-refractivity contribution in [1.29, 1.82) is 0 Å². The smallest absolute Gasteiger partial charge is 0.302 e. The van der Waals surface area contributed by atoms with Crippen LogP contribution < -0.4 is 5.30 Å². The van der Waals surface area contributed by atoms with Gasteiger partial charge in [0.1, 0.15) is 0 Å². The summed E-state index contributed by atoms with van der Waals surface area (Å²) in [7, 11) is -1.65. The van der Waals surface area contributed by atoms with E-state index in [9.17, 15) is 4.79 Å². The average molecular weight is 277 g/mol. The van der Waals surface area contributed by atoms with E-state index in [0.29, 0.717) is 18.2 Å². The minimum atomic E-state index is -1.65. The molecule has 1 saturated carbocycles. The van der Waals surface area contributed by atoms with Crippen LogP contribution in [0.4, 0.5) is 0 Å². The first-order chi connectivity index (χ1) is 9.01. The Bertz CT molecular complexity index is 428. The summed E-state index contributed by atoms with van der Waals surface area (Å²) in [6.45, 7) is 10.9. The van der Waals surface area contributed by atoms with Gasteiger partial charge in [-0.05, 0) is 31.4 Å². The summed E-state index contributed by atoms with van der Waals surface area (Å²) < 4.78 is 5.21. The summed E-state index contributed by atoms with van der Waals surface area (Å²) in [6, 6.07) is 10.4. The molecule has 102 valence electrons. The van der Waals surface area contributed by atoms with Crippen molar-refractivity contribution in [2.45, 2.75) is 31.8 Å². The predicted molar refractivity (Wildman–Crippen MR) is 81.0 cm³/mol. The van der Waals surface area contributed by atoms with Gasteiger partial charge in [0, 0.05) is 12.8 Å². The highest BCUT2D eigenvalue weighted by molar-refractivity contribution is 7.84. The summed E-state index contributed by atoms with van der Waals surface area (Å²) in [5.41, 5.74) is 0.481. The molecule has 0 bridgehead atoms. The van der Waals surface area contributed by atoms with Crippen LogP contribution in [-0.4, -0.2) is 24.9 Å². The van der Waals surface area contributed by atoms with Crippen molar-refractivity contribution >= 4 is 18.5 Å². The molecule has 1 aromatic carbocycles. The second-order valence-corrected chi connectivity index (χ2v) is 9.02. The number of hydrogen-bond donors (Lipinski definition) is 0. The third-order valence-electron chi connectivity index (χ3n) is 4.12. The molecule has 0 amide bonds. The second kappa shape index (κ2) is 6.05. The third-order valence-corrected chi connectivity index (χ3v) is 7.59. The fourth-order valence-electron chi connectivity index (χ4n) is 3.08. The molecule has 3 atom stereocenters. The van der Waals surface area contributed by atoms with Gasteiger partial charge in [-0.2, -0.15) is 0 Å². The van der Waals surface area contributed by atoms with Crippen molar-refractivity contribution in [3.8, 4) is 0 Å². The van der Waals surface area contributed by atoms with Gasteiger partial charge >= 0.3 is 5.97 Å². The normalized spacial score (nSPS) is 23.3. The van der Waals surface area contributed by atoms with Gasteiger partial charge in [0.05, 0.1) is 31.5 Å². The Hall–Kier alpha value is -0.880. The van der Waals surface area contributed by atoms with Crippen LogP contribution in [0.25, 0.3) is 0 Å². The van der Waals surface area contributed by atoms with Gasteiger partial charge in [-0.25, -0.2) is 0 Å². The molecule has 0 aliphatic heterocycles. The van der Waals surface area contributed by atoms with E-state index in [4.69, 9.17) is 11.4 Å². The quantitative estimate of drug-likeness (QED) is 0.623. The van der Waals surface area contributed by atoms with Crippen molar-refractivity contribution in [3.05, 3.63) is 37.0 Å². The van der Waals surface area contributed by atoms with E-state index >= 15 is 0 Å². The van der Waals surface area contributed by atoms with Crippen molar-refractivity contribution in [2.75, 3.05) is 13.3 Å². The Kier molecular flexibility index (Phi) is 4.62. The molecule has 0 aromatic heterocycles. The second-order valence-electron chi connectivity index (χ2n) is 5.54. The fraction of sp³-hybridized carbons (Fsp3) is 0.500. The summed E-state index contributed by atoms with van der Waals surface area (Å²) in [5, 5.41) is 1.27. The monoisotopic (exact) mass is 277 g/mol. The minimum absolute atomic E-state index is 0.192. The highest BCUT2D eigenvalue weighted by Gasteiger charge is 2.47. The molecule has 1 aromatic rings. The Balaban J connectivity index is 2.12. The van der Waals surface area contributed by atoms with Gasteiger partial charge in [0.2, 0.25) is 0 Å². The van der Waals surface area contributed by atoms with Crippen molar-refractivity contribution in [2.24, 2.45) is 5.92 Å². The van der Waals surface area contributed by atoms with Crippen LogP contribution in [0.3, 0.4) is 0 Å². The Labute approximate surface area is 116 Å². The number of hydrogen-bond acceptors (Lipinski definition) is 2. The summed E-state index contributed by atoms with van der Waals surface area (Å²) in [4.78, 5) is 11.0. The molecule has 3 unspecified atom stereocenters. The number of benzene rings is 1. The molecule has 2 nitrogen and oxygen atoms in total. The van der Waals surface area contributed by atoms with E-state index in [2.05, 4.69) is 30.9 Å². The van der Waals surface area contributed by atoms with Crippen LogP contribution >= 0.6 is 7.26 Å². The molecule has 0 heterocycles. The molecular weight excluding hydrogens is 255 g/mol. The Morgan fingerprint density at radius 1 is 1.37 bits per heavy atom. The molecule has 0 saturated heterocycles. The van der Waals surface area contributed by atoms with E-state index in [-0.39, 0.29) is 5.97 Å². The van der Waals surface area contributed by atoms with Crippen LogP contribution in [0.2, 0.25) is 0 Å². The van der Waals surface area contributed by atoms with Gasteiger partial charge in [-0.1, -0.05) is 18.2 Å². The minimum Gasteiger partial charge on any atom is -0.465 e. The third kappa shape index (κ3) is 3.36. The largest absolute Gasteiger partial charge is 0.465 e. The highest BCUT2D eigenvalue weighted by atomic mass is 31.2. The van der Waals surface area contributed by atoms with E-state index < -0.39 is 7.26 Å². The lowest BCUT2D eigenvalue weighted by atomic mass is 10.1. The average Bonchev–Trinajstić information content (AvgIpc) is 2.86. The first-order valence-electron chi connectivity index (χ1n) is 6.85. The van der Waals surface area contributed by atoms with Gasteiger partial charge in [0.25, 0.3) is 0 Å². The van der Waals surface area contributed by atoms with E-state index in [1.807, 2.05) is 6.07 Å². The van der Waals surface area contributed by atoms with Crippen LogP contribution in [-0.2, 0) is 9.53 Å². The molecule has 2 radical (unpaired) electrons. The number of esters is 1. The lowest BCUT2D eigenvalue weighted by molar-refractivity contribution is -0.142. The molecular formula is C16H22O2P+. The first kappa shape index (κ1) is 14.5. The van der Waals surface area contributed by atoms with Gasteiger partial charge in [-0.15, -0.1) is 0 Å². The molecule has 2 rings (SSSR count). The summed E-state index contributed by atoms with van der Waals surface area (Å²) >= 11 is 0. The lowest BCUT2D eigenvalue weighted by Crippen LogP contribution is -2.27. The van der Waals surface area contributed by atoms with Gasteiger partial charge in [-0.3, -0.25) is 4.79 Å². The van der Waals surface area contributed by atoms with E-state index in [0.717, 1.165) is 12.8 Å². The van der Waals surface area contributed by atoms with E-state index in [1.165, 1.54) is 18.6 Å². The van der Waals surface area contributed by atoms with Crippen LogP contribution in [0, 0.1) is 12.6 Å². The topological polar surface area (TPSA) is 26.3 Å². The maximum Gasteiger partial charge on any atom is 0.302 e. The lowest BCUT2D eigenvalue weighted by Gasteiger charge is -2.28. The standard InChI is InChI=1S/C16H22O2P/c1-13(17)18-12-14-8-7-11-16(14)19(2,3)15-9-5-4-6-10-15/h2,4-6,9-10,14,16H,7-8,11-12H2,1,3H3/q+1. The SMILES string of the molecule is [CH][P+](C)(c1ccccc1)C1CCCC1COC(C)=O. The maximum absolute atomic E-state index is 11.0. The Morgan fingerprint density at radius 3 is 2.68 bits per heavy atom. The van der Waals surface area contributed by atoms with Crippen LogP contribution in [0.1, 0.15) is 26.2 Å². The molecule has 3 heteroatoms. The zero-order valence-corrected chi connectivity index (χ0v) is 12.6. The highest BCUT2D eigenvalue weighted by Crippen LogP contribution is 2.63. The Morgan fingerprint density at radius 2 is 2.05 bits per heavy atom. The number of ether oxygens (including phenoxy) is 1.